The number of ether oxygens (including phenoxy) is 1. The van der Waals surface area contributed by atoms with Crippen LogP contribution in [0.3, 0.4) is 0 Å². The largest absolute Gasteiger partial charge is 0.374 e. The summed E-state index contributed by atoms with van der Waals surface area (Å²) >= 11 is 0. The Hall–Kier alpha value is -2.41. The Morgan fingerprint density at radius 2 is 1.85 bits per heavy atom. The molecular weight excluding hydrogens is 328 g/mol. The molecule has 2 N–H and O–H groups in total. The lowest BCUT2D eigenvalue weighted by molar-refractivity contribution is 0.0991. The van der Waals surface area contributed by atoms with Crippen molar-refractivity contribution in [3.05, 3.63) is 24.5 Å². The molecule has 1 aliphatic carbocycles. The van der Waals surface area contributed by atoms with Gasteiger partial charge in [-0.1, -0.05) is 0 Å². The summed E-state index contributed by atoms with van der Waals surface area (Å²) in [6.45, 7) is 2.93. The zero-order chi connectivity index (χ0) is 17.3. The minimum absolute atomic E-state index is 0.291. The van der Waals surface area contributed by atoms with Gasteiger partial charge in [0.15, 0.2) is 0 Å². The lowest BCUT2D eigenvalue weighted by Gasteiger charge is -2.31. The standard InChI is InChI=1S/C19H22N6O/c20-19-21-6-12(7-22-19)17-4-14(24-9-16-3-15(24)10-26-16)5-18(23-17)25-8-11-1-13(25)2-11/h4-7,11,13,15-16H,1-3,8-10H2,(H2,20,21,22). The minimum atomic E-state index is 0.291. The van der Waals surface area contributed by atoms with Crippen molar-refractivity contribution in [1.82, 2.24) is 15.0 Å². The predicted octanol–water partition coefficient (Wildman–Crippen LogP) is 1.70. The lowest BCUT2D eigenvalue weighted by Crippen LogP contribution is -2.37. The zero-order valence-electron chi connectivity index (χ0n) is 14.6. The van der Waals surface area contributed by atoms with Crippen LogP contribution in [0.5, 0.6) is 0 Å². The molecule has 7 heteroatoms. The van der Waals surface area contributed by atoms with Crippen molar-refractivity contribution in [2.24, 2.45) is 5.92 Å². The Balaban J connectivity index is 1.43. The quantitative estimate of drug-likeness (QED) is 0.902. The third-order valence-electron chi connectivity index (χ3n) is 6.40. The fourth-order valence-electron chi connectivity index (χ4n) is 4.96. The van der Waals surface area contributed by atoms with Crippen LogP contribution >= 0.6 is 0 Å². The van der Waals surface area contributed by atoms with Gasteiger partial charge in [0.05, 0.1) is 24.4 Å². The van der Waals surface area contributed by atoms with Gasteiger partial charge in [0.1, 0.15) is 5.82 Å². The summed E-state index contributed by atoms with van der Waals surface area (Å²) in [5, 5.41) is 0. The molecule has 134 valence electrons. The highest BCUT2D eigenvalue weighted by molar-refractivity contribution is 5.69. The number of nitrogens with two attached hydrogens (primary N) is 1. The van der Waals surface area contributed by atoms with Crippen LogP contribution in [0.1, 0.15) is 19.3 Å². The van der Waals surface area contributed by atoms with E-state index in [0.29, 0.717) is 24.1 Å². The van der Waals surface area contributed by atoms with Gasteiger partial charge in [0.2, 0.25) is 5.95 Å². The molecule has 2 aromatic rings. The third-order valence-corrected chi connectivity index (χ3v) is 6.40. The van der Waals surface area contributed by atoms with Crippen molar-refractivity contribution in [2.75, 3.05) is 35.2 Å². The smallest absolute Gasteiger partial charge is 0.219 e. The molecule has 4 saturated heterocycles. The number of morpholine rings is 1. The molecule has 5 fully saturated rings. The molecule has 1 saturated carbocycles. The van der Waals surface area contributed by atoms with E-state index in [1.165, 1.54) is 18.5 Å². The summed E-state index contributed by atoms with van der Waals surface area (Å²) in [5.41, 5.74) is 8.73. The molecule has 0 amide bonds. The molecule has 0 spiro atoms. The molecule has 4 bridgehead atoms. The van der Waals surface area contributed by atoms with E-state index in [-0.39, 0.29) is 0 Å². The van der Waals surface area contributed by atoms with Crippen LogP contribution in [0.4, 0.5) is 17.5 Å². The number of fused-ring (bicyclic) bond motifs is 3. The SMILES string of the molecule is Nc1ncc(-c2cc(N3CC4CC3CO4)cc(N3CC4CC3C4)n2)cn1. The van der Waals surface area contributed by atoms with E-state index in [1.54, 1.807) is 12.4 Å². The van der Waals surface area contributed by atoms with Crippen LogP contribution in [0, 0.1) is 5.92 Å². The lowest BCUT2D eigenvalue weighted by atomic mass is 9.86. The van der Waals surface area contributed by atoms with E-state index < -0.39 is 0 Å². The molecule has 7 rings (SSSR count). The van der Waals surface area contributed by atoms with Crippen molar-refractivity contribution in [3.8, 4) is 11.3 Å². The number of rotatable bonds is 3. The van der Waals surface area contributed by atoms with Crippen LogP contribution in [-0.2, 0) is 4.74 Å². The first-order valence-electron chi connectivity index (χ1n) is 9.48. The molecule has 5 aliphatic rings. The van der Waals surface area contributed by atoms with E-state index in [9.17, 15) is 0 Å². The van der Waals surface area contributed by atoms with Crippen LogP contribution in [-0.4, -0.2) is 52.8 Å². The topological polar surface area (TPSA) is 80.4 Å². The van der Waals surface area contributed by atoms with Gasteiger partial charge in [0, 0.05) is 48.8 Å². The molecule has 2 unspecified atom stereocenters. The Morgan fingerprint density at radius 1 is 1.00 bits per heavy atom. The first-order valence-corrected chi connectivity index (χ1v) is 9.48. The average molecular weight is 350 g/mol. The fourth-order valence-corrected chi connectivity index (χ4v) is 4.96. The molecule has 7 nitrogen and oxygen atoms in total. The maximum atomic E-state index is 5.78. The number of nitrogens with zero attached hydrogens (tertiary/aromatic N) is 5. The van der Waals surface area contributed by atoms with Gasteiger partial charge in [-0.05, 0) is 31.2 Å². The van der Waals surface area contributed by atoms with Gasteiger partial charge < -0.3 is 20.3 Å². The molecular formula is C19H22N6O. The monoisotopic (exact) mass is 350 g/mol. The maximum absolute atomic E-state index is 5.78. The van der Waals surface area contributed by atoms with Crippen LogP contribution in [0.15, 0.2) is 24.5 Å². The number of nitrogen functional groups attached to an aromatic ring is 1. The molecule has 4 aliphatic heterocycles. The second kappa shape index (κ2) is 5.30. The Labute approximate surface area is 152 Å². The second-order valence-corrected chi connectivity index (χ2v) is 8.04. The van der Waals surface area contributed by atoms with Crippen molar-refractivity contribution >= 4 is 17.5 Å². The highest BCUT2D eigenvalue weighted by atomic mass is 16.5. The summed E-state index contributed by atoms with van der Waals surface area (Å²) in [4.78, 5) is 18.2. The third kappa shape index (κ3) is 2.19. The summed E-state index contributed by atoms with van der Waals surface area (Å²) in [6, 6.07) is 5.58. The van der Waals surface area contributed by atoms with E-state index in [2.05, 4.69) is 31.9 Å². The van der Waals surface area contributed by atoms with Crippen LogP contribution in [0.25, 0.3) is 11.3 Å². The molecule has 26 heavy (non-hydrogen) atoms. The van der Waals surface area contributed by atoms with Crippen molar-refractivity contribution in [3.63, 3.8) is 0 Å². The van der Waals surface area contributed by atoms with Crippen molar-refractivity contribution in [1.29, 1.82) is 0 Å². The predicted molar refractivity (Wildman–Crippen MR) is 99.0 cm³/mol. The molecule has 2 aromatic heterocycles. The van der Waals surface area contributed by atoms with Gasteiger partial charge in [-0.15, -0.1) is 0 Å². The van der Waals surface area contributed by atoms with E-state index in [4.69, 9.17) is 15.5 Å². The number of hydrogen-bond acceptors (Lipinski definition) is 7. The summed E-state index contributed by atoms with van der Waals surface area (Å²) in [6.07, 6.45) is 7.66. The van der Waals surface area contributed by atoms with Gasteiger partial charge in [-0.3, -0.25) is 0 Å². The van der Waals surface area contributed by atoms with Crippen LogP contribution < -0.4 is 15.5 Å². The summed E-state index contributed by atoms with van der Waals surface area (Å²) < 4.78 is 5.78. The first kappa shape index (κ1) is 14.7. The Kier molecular flexibility index (Phi) is 3.00. The minimum Gasteiger partial charge on any atom is -0.374 e. The molecule has 6 heterocycles. The maximum Gasteiger partial charge on any atom is 0.219 e. The van der Waals surface area contributed by atoms with E-state index in [0.717, 1.165) is 49.1 Å². The van der Waals surface area contributed by atoms with Gasteiger partial charge in [-0.2, -0.15) is 0 Å². The normalized spacial score (nSPS) is 31.5. The first-order chi connectivity index (χ1) is 12.7. The van der Waals surface area contributed by atoms with Crippen molar-refractivity contribution in [2.45, 2.75) is 37.5 Å². The van der Waals surface area contributed by atoms with Gasteiger partial charge >= 0.3 is 0 Å². The van der Waals surface area contributed by atoms with E-state index >= 15 is 0 Å². The van der Waals surface area contributed by atoms with Gasteiger partial charge in [0.25, 0.3) is 0 Å². The summed E-state index contributed by atoms with van der Waals surface area (Å²) in [7, 11) is 0. The second-order valence-electron chi connectivity index (χ2n) is 8.04. The van der Waals surface area contributed by atoms with Crippen molar-refractivity contribution < 1.29 is 4.74 Å². The highest BCUT2D eigenvalue weighted by Crippen LogP contribution is 2.44. The highest BCUT2D eigenvalue weighted by Gasteiger charge is 2.44. The number of anilines is 3. The molecule has 0 radical (unpaired) electrons. The number of aromatic nitrogens is 3. The van der Waals surface area contributed by atoms with Crippen LogP contribution in [0.2, 0.25) is 0 Å². The molecule has 2 atom stereocenters. The van der Waals surface area contributed by atoms with E-state index in [1.807, 2.05) is 0 Å². The zero-order valence-corrected chi connectivity index (χ0v) is 14.6. The Morgan fingerprint density at radius 3 is 2.50 bits per heavy atom. The Bertz CT molecular complexity index is 850. The summed E-state index contributed by atoms with van der Waals surface area (Å²) in [5.74, 6) is 2.23. The van der Waals surface area contributed by atoms with Gasteiger partial charge in [-0.25, -0.2) is 15.0 Å². The number of hydrogen-bond donors (Lipinski definition) is 1. The number of pyridine rings is 1. The molecule has 0 aromatic carbocycles. The average Bonchev–Trinajstić information content (AvgIpc) is 3.41. The fraction of sp³-hybridized carbons (Fsp3) is 0.526.